The molecule has 116 valence electrons. The fraction of sp³-hybridized carbons (Fsp3) is 0.333. The summed E-state index contributed by atoms with van der Waals surface area (Å²) in [7, 11) is -3.47. The molecule has 0 atom stereocenters. The SMILES string of the molecule is CS(=O)(=O)Nc1ccccc1C(=O)NCCSCC(=O)O. The second-order valence-corrected chi connectivity index (χ2v) is 6.98. The van der Waals surface area contributed by atoms with E-state index in [0.717, 1.165) is 6.26 Å². The lowest BCUT2D eigenvalue weighted by molar-refractivity contribution is -0.133. The highest BCUT2D eigenvalue weighted by Crippen LogP contribution is 2.16. The van der Waals surface area contributed by atoms with E-state index in [0.29, 0.717) is 12.3 Å². The Balaban J connectivity index is 2.60. The van der Waals surface area contributed by atoms with Crippen LogP contribution in [-0.2, 0) is 14.8 Å². The van der Waals surface area contributed by atoms with Crippen LogP contribution in [0.25, 0.3) is 0 Å². The molecule has 7 nitrogen and oxygen atoms in total. The Morgan fingerprint density at radius 2 is 1.95 bits per heavy atom. The minimum atomic E-state index is -3.47. The maximum absolute atomic E-state index is 12.0. The zero-order valence-corrected chi connectivity index (χ0v) is 13.0. The summed E-state index contributed by atoms with van der Waals surface area (Å²) < 4.78 is 24.7. The molecule has 1 aromatic carbocycles. The molecule has 0 unspecified atom stereocenters. The van der Waals surface area contributed by atoms with E-state index in [1.807, 2.05) is 0 Å². The predicted octanol–water partition coefficient (Wildman–Crippen LogP) is 0.606. The van der Waals surface area contributed by atoms with Crippen molar-refractivity contribution in [1.29, 1.82) is 0 Å². The van der Waals surface area contributed by atoms with Crippen molar-refractivity contribution in [1.82, 2.24) is 5.32 Å². The average molecular weight is 332 g/mol. The zero-order valence-electron chi connectivity index (χ0n) is 11.3. The smallest absolute Gasteiger partial charge is 0.313 e. The molecule has 0 aliphatic rings. The summed E-state index contributed by atoms with van der Waals surface area (Å²) in [6.07, 6.45) is 1.00. The summed E-state index contributed by atoms with van der Waals surface area (Å²) in [5.41, 5.74) is 0.418. The topological polar surface area (TPSA) is 113 Å². The number of amides is 1. The number of sulfonamides is 1. The highest BCUT2D eigenvalue weighted by Gasteiger charge is 2.13. The maximum atomic E-state index is 12.0. The number of benzene rings is 1. The summed E-state index contributed by atoms with van der Waals surface area (Å²) >= 11 is 1.19. The molecular weight excluding hydrogens is 316 g/mol. The third-order valence-corrected chi connectivity index (χ3v) is 3.76. The van der Waals surface area contributed by atoms with Gasteiger partial charge in [0.1, 0.15) is 0 Å². The molecule has 3 N–H and O–H groups in total. The first-order valence-corrected chi connectivity index (χ1v) is 8.99. The number of nitrogens with one attached hydrogen (secondary N) is 2. The number of hydrogen-bond donors (Lipinski definition) is 3. The molecule has 0 radical (unpaired) electrons. The summed E-state index contributed by atoms with van der Waals surface area (Å²) in [5.74, 6) is -0.895. The first-order valence-electron chi connectivity index (χ1n) is 5.94. The quantitative estimate of drug-likeness (QED) is 0.601. The number of carbonyl (C=O) groups is 2. The lowest BCUT2D eigenvalue weighted by Gasteiger charge is -2.10. The molecule has 9 heteroatoms. The van der Waals surface area contributed by atoms with Gasteiger partial charge in [-0.3, -0.25) is 14.3 Å². The fourth-order valence-electron chi connectivity index (χ4n) is 1.46. The van der Waals surface area contributed by atoms with Crippen molar-refractivity contribution in [3.05, 3.63) is 29.8 Å². The number of carbonyl (C=O) groups excluding carboxylic acids is 1. The molecule has 0 aliphatic heterocycles. The van der Waals surface area contributed by atoms with E-state index in [1.54, 1.807) is 12.1 Å². The molecule has 21 heavy (non-hydrogen) atoms. The van der Waals surface area contributed by atoms with Crippen molar-refractivity contribution in [3.63, 3.8) is 0 Å². The Kier molecular flexibility index (Phi) is 6.50. The van der Waals surface area contributed by atoms with Crippen molar-refractivity contribution in [2.24, 2.45) is 0 Å². The molecule has 0 aromatic heterocycles. The van der Waals surface area contributed by atoms with E-state index in [4.69, 9.17) is 5.11 Å². The van der Waals surface area contributed by atoms with Gasteiger partial charge in [-0.2, -0.15) is 0 Å². The van der Waals surface area contributed by atoms with Gasteiger partial charge in [-0.25, -0.2) is 8.42 Å². The van der Waals surface area contributed by atoms with E-state index >= 15 is 0 Å². The molecule has 1 aromatic rings. The monoisotopic (exact) mass is 332 g/mol. The number of rotatable bonds is 8. The number of carboxylic acid groups (broad SMARTS) is 1. The van der Waals surface area contributed by atoms with Gasteiger partial charge < -0.3 is 10.4 Å². The first kappa shape index (κ1) is 17.3. The van der Waals surface area contributed by atoms with Gasteiger partial charge in [0.15, 0.2) is 0 Å². The highest BCUT2D eigenvalue weighted by molar-refractivity contribution is 7.99. The van der Waals surface area contributed by atoms with E-state index in [1.165, 1.54) is 23.9 Å². The number of anilines is 1. The predicted molar refractivity (Wildman–Crippen MR) is 82.2 cm³/mol. The van der Waals surface area contributed by atoms with Crippen molar-refractivity contribution in [2.45, 2.75) is 0 Å². The van der Waals surface area contributed by atoms with Crippen LogP contribution in [-0.4, -0.2) is 49.7 Å². The van der Waals surface area contributed by atoms with Gasteiger partial charge in [-0.05, 0) is 12.1 Å². The Morgan fingerprint density at radius 1 is 1.29 bits per heavy atom. The molecule has 0 fully saturated rings. The lowest BCUT2D eigenvalue weighted by Crippen LogP contribution is -2.27. The number of thioether (sulfide) groups is 1. The molecule has 0 saturated heterocycles. The Hall–Kier alpha value is -1.74. The van der Waals surface area contributed by atoms with E-state index in [2.05, 4.69) is 10.0 Å². The molecule has 0 aliphatic carbocycles. The van der Waals surface area contributed by atoms with Crippen molar-refractivity contribution in [2.75, 3.05) is 29.0 Å². The van der Waals surface area contributed by atoms with Crippen LogP contribution in [0.4, 0.5) is 5.69 Å². The molecule has 0 heterocycles. The summed E-state index contributed by atoms with van der Waals surface area (Å²) in [5, 5.41) is 11.1. The molecular formula is C12H16N2O5S2. The van der Waals surface area contributed by atoms with Gasteiger partial charge in [0.2, 0.25) is 10.0 Å². The summed E-state index contributed by atoms with van der Waals surface area (Å²) in [6.45, 7) is 0.296. The molecule has 0 spiro atoms. The number of hydrogen-bond acceptors (Lipinski definition) is 5. The van der Waals surface area contributed by atoms with Crippen LogP contribution in [0.2, 0.25) is 0 Å². The normalized spacial score (nSPS) is 10.9. The number of aliphatic carboxylic acids is 1. The number of carboxylic acids is 1. The van der Waals surface area contributed by atoms with Crippen LogP contribution in [0.1, 0.15) is 10.4 Å². The van der Waals surface area contributed by atoms with Gasteiger partial charge >= 0.3 is 5.97 Å². The van der Waals surface area contributed by atoms with Crippen LogP contribution in [0, 0.1) is 0 Å². The van der Waals surface area contributed by atoms with E-state index in [-0.39, 0.29) is 17.0 Å². The minimum Gasteiger partial charge on any atom is -0.481 e. The van der Waals surface area contributed by atoms with Crippen LogP contribution >= 0.6 is 11.8 Å². The minimum absolute atomic E-state index is 0.0257. The van der Waals surface area contributed by atoms with E-state index in [9.17, 15) is 18.0 Å². The Morgan fingerprint density at radius 3 is 2.57 bits per heavy atom. The Bertz CT molecular complexity index is 616. The first-order chi connectivity index (χ1) is 9.79. The lowest BCUT2D eigenvalue weighted by atomic mass is 10.2. The van der Waals surface area contributed by atoms with Crippen LogP contribution in [0.5, 0.6) is 0 Å². The molecule has 0 bridgehead atoms. The highest BCUT2D eigenvalue weighted by atomic mass is 32.2. The molecule has 0 saturated carbocycles. The van der Waals surface area contributed by atoms with Crippen molar-refractivity contribution >= 4 is 39.3 Å². The van der Waals surface area contributed by atoms with E-state index < -0.39 is 21.9 Å². The zero-order chi connectivity index (χ0) is 15.9. The second kappa shape index (κ2) is 7.89. The molecule has 1 rings (SSSR count). The third-order valence-electron chi connectivity index (χ3n) is 2.22. The number of para-hydroxylation sites is 1. The van der Waals surface area contributed by atoms with Gasteiger partial charge in [0.25, 0.3) is 5.91 Å². The van der Waals surface area contributed by atoms with Crippen LogP contribution < -0.4 is 10.0 Å². The maximum Gasteiger partial charge on any atom is 0.313 e. The van der Waals surface area contributed by atoms with Crippen molar-refractivity contribution < 1.29 is 23.1 Å². The third kappa shape index (κ3) is 7.00. The Labute approximate surface area is 127 Å². The molecule has 1 amide bonds. The fourth-order valence-corrected chi connectivity index (χ4v) is 2.60. The second-order valence-electron chi connectivity index (χ2n) is 4.12. The van der Waals surface area contributed by atoms with Gasteiger partial charge in [0.05, 0.1) is 23.3 Å². The van der Waals surface area contributed by atoms with Gasteiger partial charge in [0, 0.05) is 12.3 Å². The average Bonchev–Trinajstić information content (AvgIpc) is 2.36. The van der Waals surface area contributed by atoms with Crippen molar-refractivity contribution in [3.8, 4) is 0 Å². The van der Waals surface area contributed by atoms with Crippen LogP contribution in [0.15, 0.2) is 24.3 Å². The summed E-state index contributed by atoms with van der Waals surface area (Å²) in [4.78, 5) is 22.3. The standard InChI is InChI=1S/C12H16N2O5S2/c1-21(18,19)14-10-5-3-2-4-9(10)12(17)13-6-7-20-8-11(15)16/h2-5,14H,6-8H2,1H3,(H,13,17)(H,15,16). The largest absolute Gasteiger partial charge is 0.481 e. The van der Waals surface area contributed by atoms with Crippen LogP contribution in [0.3, 0.4) is 0 Å². The van der Waals surface area contributed by atoms with Gasteiger partial charge in [-0.1, -0.05) is 12.1 Å². The van der Waals surface area contributed by atoms with Gasteiger partial charge in [-0.15, -0.1) is 11.8 Å². The summed E-state index contributed by atoms with van der Waals surface area (Å²) in [6, 6.07) is 6.25.